The Hall–Kier alpha value is -4.28. The third-order valence-corrected chi connectivity index (χ3v) is 10.6. The molecule has 0 heterocycles. The van der Waals surface area contributed by atoms with E-state index in [-0.39, 0.29) is 29.8 Å². The van der Waals surface area contributed by atoms with Crippen molar-refractivity contribution in [2.45, 2.75) is 69.0 Å². The minimum Gasteiger partial charge on any atom is -0.494 e. The topological polar surface area (TPSA) is 96.0 Å². The molecule has 10 heteroatoms. The largest absolute Gasteiger partial charge is 0.494 e. The third kappa shape index (κ3) is 9.64. The van der Waals surface area contributed by atoms with Crippen LogP contribution in [0.4, 0.5) is 5.69 Å². The van der Waals surface area contributed by atoms with Crippen LogP contribution >= 0.6 is 11.8 Å². The van der Waals surface area contributed by atoms with Crippen molar-refractivity contribution in [3.8, 4) is 5.75 Å². The molecule has 0 bridgehead atoms. The summed E-state index contributed by atoms with van der Waals surface area (Å²) in [6.45, 7) is 7.81. The van der Waals surface area contributed by atoms with E-state index in [9.17, 15) is 18.0 Å². The Bertz CT molecular complexity index is 1730. The number of nitrogens with zero attached hydrogens (tertiary/aromatic N) is 2. The number of aryl methyl sites for hydroxylation is 1. The van der Waals surface area contributed by atoms with Gasteiger partial charge in [-0.25, -0.2) is 8.42 Å². The number of rotatable bonds is 16. The van der Waals surface area contributed by atoms with E-state index < -0.39 is 28.5 Å². The number of amides is 2. The molecule has 2 unspecified atom stereocenters. The minimum absolute atomic E-state index is 0.0578. The van der Waals surface area contributed by atoms with E-state index in [1.165, 1.54) is 16.7 Å². The quantitative estimate of drug-likeness (QED) is 0.129. The zero-order valence-electron chi connectivity index (χ0n) is 28.3. The van der Waals surface area contributed by atoms with Gasteiger partial charge in [0.25, 0.3) is 10.0 Å². The molecule has 254 valence electrons. The first-order chi connectivity index (χ1) is 23.0. The molecular formula is C38H45N3O5S2. The predicted molar refractivity (Wildman–Crippen MR) is 194 cm³/mol. The van der Waals surface area contributed by atoms with Gasteiger partial charge in [0, 0.05) is 23.9 Å². The molecule has 0 spiro atoms. The monoisotopic (exact) mass is 687 g/mol. The van der Waals surface area contributed by atoms with Crippen LogP contribution in [0.2, 0.25) is 0 Å². The summed E-state index contributed by atoms with van der Waals surface area (Å²) in [5.74, 6) is -0.217. The summed E-state index contributed by atoms with van der Waals surface area (Å²) in [7, 11) is -4.20. The van der Waals surface area contributed by atoms with Crippen LogP contribution in [0, 0.1) is 6.92 Å². The van der Waals surface area contributed by atoms with Gasteiger partial charge in [-0.2, -0.15) is 0 Å². The zero-order valence-corrected chi connectivity index (χ0v) is 29.9. The fourth-order valence-corrected chi connectivity index (χ4v) is 6.99. The molecule has 0 saturated carbocycles. The zero-order chi connectivity index (χ0) is 34.7. The number of thioether (sulfide) groups is 1. The standard InChI is InChI=1S/C38H45N3O5S2/c1-6-29(4)39-38(43)36(25-30-11-9-8-10-12-30)40(26-31-15-13-28(3)14-16-31)37(42)27-41(32-17-19-33(20-18-32)46-7-2)48(44,45)35-23-21-34(47-5)22-24-35/h8-24,29,36H,6-7,25-27H2,1-5H3,(H,39,43). The number of anilines is 1. The second-order valence-corrected chi connectivity index (χ2v) is 14.4. The number of nitrogens with one attached hydrogen (secondary N) is 1. The van der Waals surface area contributed by atoms with Gasteiger partial charge in [-0.3, -0.25) is 13.9 Å². The van der Waals surface area contributed by atoms with Gasteiger partial charge >= 0.3 is 0 Å². The molecule has 0 fully saturated rings. The second-order valence-electron chi connectivity index (χ2n) is 11.6. The van der Waals surface area contributed by atoms with E-state index in [0.29, 0.717) is 18.0 Å². The Morgan fingerprint density at radius 2 is 1.50 bits per heavy atom. The lowest BCUT2D eigenvalue weighted by Crippen LogP contribution is -2.54. The van der Waals surface area contributed by atoms with E-state index in [1.54, 1.807) is 48.5 Å². The minimum atomic E-state index is -4.20. The van der Waals surface area contributed by atoms with Crippen molar-refractivity contribution in [1.82, 2.24) is 10.2 Å². The SMILES string of the molecule is CCOc1ccc(N(CC(=O)N(Cc2ccc(C)cc2)C(Cc2ccccc2)C(=O)NC(C)CC)S(=O)(=O)c2ccc(SC)cc2)cc1. The molecule has 0 radical (unpaired) electrons. The molecule has 0 aromatic heterocycles. The lowest BCUT2D eigenvalue weighted by atomic mass is 10.0. The van der Waals surface area contributed by atoms with Gasteiger partial charge in [-0.1, -0.05) is 67.1 Å². The Kier molecular flexibility index (Phi) is 13.1. The van der Waals surface area contributed by atoms with Crippen LogP contribution in [0.15, 0.2) is 113 Å². The first-order valence-electron chi connectivity index (χ1n) is 16.1. The first-order valence-corrected chi connectivity index (χ1v) is 18.8. The number of carbonyl (C=O) groups is 2. The summed E-state index contributed by atoms with van der Waals surface area (Å²) in [5.41, 5.74) is 3.08. The van der Waals surface area contributed by atoms with Crippen LogP contribution in [0.25, 0.3) is 0 Å². The summed E-state index contributed by atoms with van der Waals surface area (Å²) in [6.07, 6.45) is 2.89. The molecule has 2 amide bonds. The van der Waals surface area contributed by atoms with Crippen LogP contribution in [-0.2, 0) is 32.6 Å². The van der Waals surface area contributed by atoms with Crippen molar-refractivity contribution in [1.29, 1.82) is 0 Å². The van der Waals surface area contributed by atoms with Gasteiger partial charge in [0.2, 0.25) is 11.8 Å². The molecule has 0 saturated heterocycles. The average Bonchev–Trinajstić information content (AvgIpc) is 3.10. The molecule has 4 rings (SSSR count). The third-order valence-electron chi connectivity index (χ3n) is 8.11. The number of hydrogen-bond acceptors (Lipinski definition) is 6. The summed E-state index contributed by atoms with van der Waals surface area (Å²) < 4.78 is 35.3. The normalized spacial score (nSPS) is 12.5. The van der Waals surface area contributed by atoms with Crippen LogP contribution in [0.5, 0.6) is 5.75 Å². The lowest BCUT2D eigenvalue weighted by Gasteiger charge is -2.34. The van der Waals surface area contributed by atoms with Gasteiger partial charge in [0.05, 0.1) is 17.2 Å². The summed E-state index contributed by atoms with van der Waals surface area (Å²) in [6, 6.07) is 29.5. The Morgan fingerprint density at radius 3 is 2.08 bits per heavy atom. The Balaban J connectivity index is 1.80. The van der Waals surface area contributed by atoms with E-state index in [0.717, 1.165) is 32.3 Å². The maximum atomic E-state index is 14.6. The van der Waals surface area contributed by atoms with Gasteiger partial charge in [-0.05, 0) is 93.1 Å². The van der Waals surface area contributed by atoms with Crippen molar-refractivity contribution in [2.24, 2.45) is 0 Å². The van der Waals surface area contributed by atoms with E-state index in [1.807, 2.05) is 88.5 Å². The summed E-state index contributed by atoms with van der Waals surface area (Å²) in [4.78, 5) is 31.1. The lowest BCUT2D eigenvalue weighted by molar-refractivity contribution is -0.140. The molecule has 0 aliphatic rings. The van der Waals surface area contributed by atoms with E-state index in [2.05, 4.69) is 5.32 Å². The summed E-state index contributed by atoms with van der Waals surface area (Å²) in [5, 5.41) is 3.07. The van der Waals surface area contributed by atoms with Crippen molar-refractivity contribution in [3.05, 3.63) is 120 Å². The van der Waals surface area contributed by atoms with Gasteiger partial charge in [0.1, 0.15) is 18.3 Å². The number of hydrogen-bond donors (Lipinski definition) is 1. The predicted octanol–water partition coefficient (Wildman–Crippen LogP) is 6.87. The first kappa shape index (κ1) is 36.6. The summed E-state index contributed by atoms with van der Waals surface area (Å²) >= 11 is 1.51. The Morgan fingerprint density at radius 1 is 0.854 bits per heavy atom. The molecule has 2 atom stereocenters. The maximum Gasteiger partial charge on any atom is 0.264 e. The smallest absolute Gasteiger partial charge is 0.264 e. The highest BCUT2D eigenvalue weighted by Crippen LogP contribution is 2.28. The van der Waals surface area contributed by atoms with Gasteiger partial charge in [0.15, 0.2) is 0 Å². The van der Waals surface area contributed by atoms with Crippen LogP contribution in [-0.4, -0.2) is 56.6 Å². The molecule has 0 aliphatic heterocycles. The fraction of sp³-hybridized carbons (Fsp3) is 0.316. The van der Waals surface area contributed by atoms with Crippen LogP contribution in [0.3, 0.4) is 0 Å². The fourth-order valence-electron chi connectivity index (χ4n) is 5.16. The number of carbonyl (C=O) groups excluding carboxylic acids is 2. The molecule has 8 nitrogen and oxygen atoms in total. The highest BCUT2D eigenvalue weighted by Gasteiger charge is 2.35. The van der Waals surface area contributed by atoms with E-state index in [4.69, 9.17) is 4.74 Å². The second kappa shape index (κ2) is 17.2. The molecule has 4 aromatic carbocycles. The number of benzene rings is 4. The van der Waals surface area contributed by atoms with Crippen molar-refractivity contribution in [3.63, 3.8) is 0 Å². The molecule has 4 aromatic rings. The van der Waals surface area contributed by atoms with Crippen molar-refractivity contribution < 1.29 is 22.7 Å². The number of sulfonamides is 1. The van der Waals surface area contributed by atoms with E-state index >= 15 is 0 Å². The van der Waals surface area contributed by atoms with Crippen LogP contribution in [0.1, 0.15) is 43.9 Å². The van der Waals surface area contributed by atoms with Crippen LogP contribution < -0.4 is 14.4 Å². The average molecular weight is 688 g/mol. The molecule has 1 N–H and O–H groups in total. The Labute approximate surface area is 289 Å². The highest BCUT2D eigenvalue weighted by atomic mass is 32.2. The van der Waals surface area contributed by atoms with Crippen molar-refractivity contribution in [2.75, 3.05) is 23.7 Å². The molecule has 0 aliphatic carbocycles. The maximum absolute atomic E-state index is 14.6. The van der Waals surface area contributed by atoms with Gasteiger partial charge in [-0.15, -0.1) is 11.8 Å². The molecule has 48 heavy (non-hydrogen) atoms. The van der Waals surface area contributed by atoms with Gasteiger partial charge < -0.3 is 15.0 Å². The highest BCUT2D eigenvalue weighted by molar-refractivity contribution is 7.98. The van der Waals surface area contributed by atoms with Crippen molar-refractivity contribution >= 4 is 39.3 Å². The molecular weight excluding hydrogens is 643 g/mol. The number of ether oxygens (including phenoxy) is 1.